The molecule has 0 atom stereocenters. The van der Waals surface area contributed by atoms with E-state index in [2.05, 4.69) is 15.1 Å². The molecule has 0 spiro atoms. The molecule has 0 saturated heterocycles. The lowest BCUT2D eigenvalue weighted by Crippen LogP contribution is -1.99. The molecule has 1 N–H and O–H groups in total. The van der Waals surface area contributed by atoms with Crippen LogP contribution in [0.25, 0.3) is 23.0 Å². The molecule has 3 rings (SSSR count). The minimum absolute atomic E-state index is 0.116. The van der Waals surface area contributed by atoms with Crippen molar-refractivity contribution in [2.24, 2.45) is 0 Å². The number of aromatic nitrogens is 3. The summed E-state index contributed by atoms with van der Waals surface area (Å²) in [6, 6.07) is 10.2. The van der Waals surface area contributed by atoms with Crippen molar-refractivity contribution in [3.63, 3.8) is 0 Å². The third kappa shape index (κ3) is 2.51. The highest BCUT2D eigenvalue weighted by atomic mass is 16.5. The van der Waals surface area contributed by atoms with E-state index in [1.165, 1.54) is 6.07 Å². The van der Waals surface area contributed by atoms with Gasteiger partial charge in [-0.3, -0.25) is 4.98 Å². The van der Waals surface area contributed by atoms with Gasteiger partial charge in [0, 0.05) is 6.20 Å². The van der Waals surface area contributed by atoms with Gasteiger partial charge in [-0.1, -0.05) is 17.3 Å². The summed E-state index contributed by atoms with van der Waals surface area (Å²) in [5.74, 6) is -0.556. The first-order chi connectivity index (χ1) is 10.1. The van der Waals surface area contributed by atoms with E-state index >= 15 is 0 Å². The maximum absolute atomic E-state index is 11.2. The molecule has 0 fully saturated rings. The summed E-state index contributed by atoms with van der Waals surface area (Å²) < 4.78 is 5.17. The number of rotatable bonds is 3. The third-order valence-electron chi connectivity index (χ3n) is 2.96. The Bertz CT molecular complexity index is 811. The summed E-state index contributed by atoms with van der Waals surface area (Å²) in [6.45, 7) is 1.94. The highest BCUT2D eigenvalue weighted by Crippen LogP contribution is 2.24. The van der Waals surface area contributed by atoms with Gasteiger partial charge in [0.05, 0.1) is 11.1 Å². The van der Waals surface area contributed by atoms with Crippen LogP contribution in [-0.4, -0.2) is 26.2 Å². The number of benzene rings is 1. The Balaban J connectivity index is 2.05. The number of hydrogen-bond acceptors (Lipinski definition) is 5. The third-order valence-corrected chi connectivity index (χ3v) is 2.96. The fourth-order valence-electron chi connectivity index (χ4n) is 1.95. The second-order valence-electron chi connectivity index (χ2n) is 4.49. The second-order valence-corrected chi connectivity index (χ2v) is 4.49. The Hall–Kier alpha value is -3.02. The number of aromatic carboxylic acids is 1. The first kappa shape index (κ1) is 13.0. The van der Waals surface area contributed by atoms with E-state index in [0.717, 1.165) is 5.56 Å². The van der Waals surface area contributed by atoms with Crippen LogP contribution in [0.15, 0.2) is 47.1 Å². The predicted molar refractivity (Wildman–Crippen MR) is 74.7 cm³/mol. The molecule has 2 heterocycles. The molecular formula is C15H11N3O3. The zero-order valence-corrected chi connectivity index (χ0v) is 11.1. The highest BCUT2D eigenvalue weighted by Gasteiger charge is 2.17. The van der Waals surface area contributed by atoms with Gasteiger partial charge in [-0.2, -0.15) is 4.98 Å². The molecule has 0 aliphatic carbocycles. The molecule has 0 aliphatic rings. The van der Waals surface area contributed by atoms with E-state index in [-0.39, 0.29) is 11.5 Å². The monoisotopic (exact) mass is 281 g/mol. The topological polar surface area (TPSA) is 89.1 Å². The van der Waals surface area contributed by atoms with Gasteiger partial charge in [0.1, 0.15) is 5.69 Å². The molecule has 2 aromatic heterocycles. The average Bonchev–Trinajstić information content (AvgIpc) is 2.97. The summed E-state index contributed by atoms with van der Waals surface area (Å²) in [5.41, 5.74) is 2.11. The fraction of sp³-hybridized carbons (Fsp3) is 0.0667. The van der Waals surface area contributed by atoms with Gasteiger partial charge < -0.3 is 9.63 Å². The van der Waals surface area contributed by atoms with Gasteiger partial charge in [0.25, 0.3) is 5.89 Å². The molecular weight excluding hydrogens is 270 g/mol. The van der Waals surface area contributed by atoms with Crippen LogP contribution in [0, 0.1) is 6.92 Å². The minimum atomic E-state index is -1.04. The summed E-state index contributed by atoms with van der Waals surface area (Å²) in [7, 11) is 0. The number of carboxylic acid groups (broad SMARTS) is 1. The summed E-state index contributed by atoms with van der Waals surface area (Å²) in [5, 5.41) is 13.0. The van der Waals surface area contributed by atoms with Crippen LogP contribution in [0.2, 0.25) is 0 Å². The van der Waals surface area contributed by atoms with Crippen molar-refractivity contribution in [2.45, 2.75) is 6.92 Å². The van der Waals surface area contributed by atoms with Crippen LogP contribution in [-0.2, 0) is 0 Å². The van der Waals surface area contributed by atoms with Crippen molar-refractivity contribution in [3.8, 4) is 23.0 Å². The van der Waals surface area contributed by atoms with Crippen LogP contribution in [0.5, 0.6) is 0 Å². The van der Waals surface area contributed by atoms with Crippen molar-refractivity contribution in [3.05, 3.63) is 53.7 Å². The second kappa shape index (κ2) is 5.16. The average molecular weight is 281 g/mol. The van der Waals surface area contributed by atoms with E-state index in [0.29, 0.717) is 17.1 Å². The minimum Gasteiger partial charge on any atom is -0.478 e. The van der Waals surface area contributed by atoms with Gasteiger partial charge >= 0.3 is 5.97 Å². The standard InChI is InChI=1S/C15H11N3O3/c1-9-6-7-16-12(8-9)13-17-14(21-18-13)10-4-2-3-5-11(10)15(19)20/h2-8H,1H3,(H,19,20). The number of aryl methyl sites for hydroxylation is 1. The molecule has 0 bridgehead atoms. The summed E-state index contributed by atoms with van der Waals surface area (Å²) in [4.78, 5) is 19.6. The number of pyridine rings is 1. The van der Waals surface area contributed by atoms with Crippen molar-refractivity contribution < 1.29 is 14.4 Å². The highest BCUT2D eigenvalue weighted by molar-refractivity contribution is 5.94. The number of carbonyl (C=O) groups is 1. The van der Waals surface area contributed by atoms with Gasteiger partial charge in [-0.15, -0.1) is 0 Å². The molecule has 104 valence electrons. The van der Waals surface area contributed by atoms with Crippen molar-refractivity contribution in [1.29, 1.82) is 0 Å². The Morgan fingerprint density at radius 1 is 1.24 bits per heavy atom. The van der Waals surface area contributed by atoms with Crippen molar-refractivity contribution >= 4 is 5.97 Å². The first-order valence-electron chi connectivity index (χ1n) is 6.24. The molecule has 6 heteroatoms. The quantitative estimate of drug-likeness (QED) is 0.794. The van der Waals surface area contributed by atoms with Crippen LogP contribution in [0.1, 0.15) is 15.9 Å². The van der Waals surface area contributed by atoms with E-state index < -0.39 is 5.97 Å². The molecule has 0 saturated carbocycles. The molecule has 0 unspecified atom stereocenters. The zero-order valence-electron chi connectivity index (χ0n) is 11.1. The lowest BCUT2D eigenvalue weighted by Gasteiger charge is -1.99. The van der Waals surface area contributed by atoms with Gasteiger partial charge in [-0.05, 0) is 36.8 Å². The van der Waals surface area contributed by atoms with Crippen LogP contribution in [0.4, 0.5) is 0 Å². The van der Waals surface area contributed by atoms with Crippen LogP contribution < -0.4 is 0 Å². The number of hydrogen-bond donors (Lipinski definition) is 1. The Morgan fingerprint density at radius 2 is 2.05 bits per heavy atom. The van der Waals surface area contributed by atoms with Crippen molar-refractivity contribution in [1.82, 2.24) is 15.1 Å². The van der Waals surface area contributed by atoms with E-state index in [1.807, 2.05) is 19.1 Å². The molecule has 21 heavy (non-hydrogen) atoms. The van der Waals surface area contributed by atoms with Gasteiger partial charge in [-0.25, -0.2) is 4.79 Å². The molecule has 0 aliphatic heterocycles. The molecule has 3 aromatic rings. The Morgan fingerprint density at radius 3 is 2.81 bits per heavy atom. The van der Waals surface area contributed by atoms with Gasteiger partial charge in [0.2, 0.25) is 5.82 Å². The fourth-order valence-corrected chi connectivity index (χ4v) is 1.95. The zero-order chi connectivity index (χ0) is 14.8. The summed E-state index contributed by atoms with van der Waals surface area (Å²) >= 11 is 0. The SMILES string of the molecule is Cc1ccnc(-c2noc(-c3ccccc3C(=O)O)n2)c1. The number of nitrogens with zero attached hydrogens (tertiary/aromatic N) is 3. The normalized spacial score (nSPS) is 10.5. The lowest BCUT2D eigenvalue weighted by molar-refractivity contribution is 0.0697. The first-order valence-corrected chi connectivity index (χ1v) is 6.24. The van der Waals surface area contributed by atoms with Crippen LogP contribution in [0.3, 0.4) is 0 Å². The summed E-state index contributed by atoms with van der Waals surface area (Å²) in [6.07, 6.45) is 1.66. The molecule has 6 nitrogen and oxygen atoms in total. The van der Waals surface area contributed by atoms with Crippen LogP contribution >= 0.6 is 0 Å². The van der Waals surface area contributed by atoms with Gasteiger partial charge in [0.15, 0.2) is 0 Å². The van der Waals surface area contributed by atoms with E-state index in [4.69, 9.17) is 4.52 Å². The lowest BCUT2D eigenvalue weighted by atomic mass is 10.1. The molecule has 0 amide bonds. The largest absolute Gasteiger partial charge is 0.478 e. The van der Waals surface area contributed by atoms with E-state index in [1.54, 1.807) is 24.4 Å². The maximum Gasteiger partial charge on any atom is 0.336 e. The Labute approximate surface area is 120 Å². The van der Waals surface area contributed by atoms with Crippen molar-refractivity contribution in [2.75, 3.05) is 0 Å². The van der Waals surface area contributed by atoms with E-state index in [9.17, 15) is 9.90 Å². The number of carboxylic acids is 1. The predicted octanol–water partition coefficient (Wildman–Crippen LogP) is 2.81. The smallest absolute Gasteiger partial charge is 0.336 e. The Kier molecular flexibility index (Phi) is 3.19. The maximum atomic E-state index is 11.2. The molecule has 0 radical (unpaired) electrons. The molecule has 1 aromatic carbocycles.